The standard InChI is InChI=1S/C8H8ClN5O3/c9-7-2-1-6(14(16)17)3-5(7)4-12-13(15)8(10)11/h1-4H,10-11H2/b12-4+. The van der Waals surface area contributed by atoms with Crippen molar-refractivity contribution in [2.45, 2.75) is 0 Å². The summed E-state index contributed by atoms with van der Waals surface area (Å²) < 4.78 is 0. The molecule has 0 fully saturated rings. The first-order valence-electron chi connectivity index (χ1n) is 4.25. The highest BCUT2D eigenvalue weighted by atomic mass is 35.5. The van der Waals surface area contributed by atoms with Gasteiger partial charge in [0.25, 0.3) is 5.69 Å². The molecule has 1 rings (SSSR count). The summed E-state index contributed by atoms with van der Waals surface area (Å²) in [7, 11) is 0. The Balaban J connectivity index is 3.10. The largest absolute Gasteiger partial charge is 0.722 e. The van der Waals surface area contributed by atoms with Crippen molar-refractivity contribution in [1.82, 2.24) is 0 Å². The van der Waals surface area contributed by atoms with Crippen molar-refractivity contribution in [2.24, 2.45) is 16.6 Å². The van der Waals surface area contributed by atoms with Gasteiger partial charge in [0, 0.05) is 22.7 Å². The van der Waals surface area contributed by atoms with Crippen LogP contribution in [0.15, 0.2) is 23.3 Å². The third-order valence-corrected chi connectivity index (χ3v) is 2.06. The number of rotatable bonds is 3. The number of hydrazone groups is 1. The number of guanidine groups is 1. The lowest BCUT2D eigenvalue weighted by Gasteiger charge is -2.03. The molecule has 8 nitrogen and oxygen atoms in total. The molecule has 0 heterocycles. The summed E-state index contributed by atoms with van der Waals surface area (Å²) in [4.78, 5) is 9.89. The Bertz CT molecular complexity index is 510. The topological polar surface area (TPSA) is 134 Å². The highest BCUT2D eigenvalue weighted by Gasteiger charge is 2.08. The summed E-state index contributed by atoms with van der Waals surface area (Å²) in [5, 5.41) is 24.9. The lowest BCUT2D eigenvalue weighted by atomic mass is 10.2. The van der Waals surface area contributed by atoms with E-state index in [0.29, 0.717) is 0 Å². The van der Waals surface area contributed by atoms with Crippen LogP contribution in [-0.4, -0.2) is 21.9 Å². The molecule has 0 aromatic heterocycles. The van der Waals surface area contributed by atoms with Crippen LogP contribution in [0.4, 0.5) is 5.69 Å². The maximum Gasteiger partial charge on any atom is 0.366 e. The molecule has 0 aliphatic heterocycles. The molecule has 0 saturated heterocycles. The molecule has 0 radical (unpaired) electrons. The molecule has 0 aliphatic rings. The summed E-state index contributed by atoms with van der Waals surface area (Å²) in [5.41, 5.74) is 9.98. The first kappa shape index (κ1) is 12.7. The summed E-state index contributed by atoms with van der Waals surface area (Å²) in [5.74, 6) is -0.553. The SMILES string of the molecule is NC(N)=[N+]([O-])/N=C/c1cc([N+](=O)[O-])ccc1Cl. The molecule has 1 aromatic carbocycles. The molecular weight excluding hydrogens is 250 g/mol. The molecule has 0 spiro atoms. The van der Waals surface area contributed by atoms with E-state index in [4.69, 9.17) is 23.1 Å². The molecular formula is C8H8ClN5O3. The van der Waals surface area contributed by atoms with Crippen LogP contribution in [0.3, 0.4) is 0 Å². The van der Waals surface area contributed by atoms with Crippen molar-refractivity contribution in [2.75, 3.05) is 0 Å². The quantitative estimate of drug-likeness (QED) is 0.201. The van der Waals surface area contributed by atoms with E-state index in [2.05, 4.69) is 5.10 Å². The van der Waals surface area contributed by atoms with Gasteiger partial charge in [-0.25, -0.2) is 0 Å². The first-order valence-corrected chi connectivity index (χ1v) is 4.62. The van der Waals surface area contributed by atoms with Crippen molar-refractivity contribution < 1.29 is 9.77 Å². The van der Waals surface area contributed by atoms with Gasteiger partial charge in [0.2, 0.25) is 0 Å². The average molecular weight is 258 g/mol. The fourth-order valence-corrected chi connectivity index (χ4v) is 1.09. The fraction of sp³-hybridized carbons (Fsp3) is 0. The molecule has 1 aromatic rings. The molecule has 17 heavy (non-hydrogen) atoms. The number of hydrogen-bond acceptors (Lipinski definition) is 4. The van der Waals surface area contributed by atoms with E-state index in [1.165, 1.54) is 18.2 Å². The highest BCUT2D eigenvalue weighted by Crippen LogP contribution is 2.20. The molecule has 0 bridgehead atoms. The summed E-state index contributed by atoms with van der Waals surface area (Å²) in [6, 6.07) is 3.73. The van der Waals surface area contributed by atoms with E-state index < -0.39 is 10.9 Å². The number of nitrogens with two attached hydrogens (primary N) is 2. The van der Waals surface area contributed by atoms with Crippen LogP contribution < -0.4 is 11.5 Å². The van der Waals surface area contributed by atoms with Gasteiger partial charge in [-0.2, -0.15) is 0 Å². The van der Waals surface area contributed by atoms with Crippen LogP contribution in [0.25, 0.3) is 0 Å². The molecule has 0 atom stereocenters. The zero-order valence-corrected chi connectivity index (χ0v) is 9.16. The smallest absolute Gasteiger partial charge is 0.366 e. The van der Waals surface area contributed by atoms with Crippen LogP contribution in [0.1, 0.15) is 5.56 Å². The number of halogens is 1. The Labute approximate surface area is 101 Å². The third kappa shape index (κ3) is 3.31. The van der Waals surface area contributed by atoms with Gasteiger partial charge in [-0.3, -0.25) is 21.6 Å². The second-order valence-corrected chi connectivity index (χ2v) is 3.31. The molecule has 9 heteroatoms. The normalized spacial score (nSPS) is 10.4. The van der Waals surface area contributed by atoms with Crippen molar-refractivity contribution in [1.29, 1.82) is 0 Å². The van der Waals surface area contributed by atoms with Crippen LogP contribution in [0.5, 0.6) is 0 Å². The van der Waals surface area contributed by atoms with Crippen LogP contribution >= 0.6 is 11.6 Å². The molecule has 4 N–H and O–H groups in total. The number of benzene rings is 1. The van der Waals surface area contributed by atoms with Crippen molar-refractivity contribution in [3.63, 3.8) is 0 Å². The number of non-ortho nitro benzene ring substituents is 1. The van der Waals surface area contributed by atoms with Gasteiger partial charge in [0.1, 0.15) is 0 Å². The van der Waals surface area contributed by atoms with Crippen molar-refractivity contribution >= 4 is 29.5 Å². The Kier molecular flexibility index (Phi) is 3.83. The van der Waals surface area contributed by atoms with E-state index >= 15 is 0 Å². The molecule has 0 saturated carbocycles. The third-order valence-electron chi connectivity index (χ3n) is 1.71. The van der Waals surface area contributed by atoms with E-state index in [1.54, 1.807) is 0 Å². The van der Waals surface area contributed by atoms with E-state index in [-0.39, 0.29) is 21.1 Å². The van der Waals surface area contributed by atoms with Crippen molar-refractivity contribution in [3.8, 4) is 0 Å². The Hall–Kier alpha value is -2.35. The van der Waals surface area contributed by atoms with E-state index in [1.807, 2.05) is 0 Å². The molecule has 0 unspecified atom stereocenters. The van der Waals surface area contributed by atoms with Crippen LogP contribution in [0.2, 0.25) is 5.02 Å². The zero-order chi connectivity index (χ0) is 13.0. The van der Waals surface area contributed by atoms with Gasteiger partial charge in [-0.15, -0.1) is 9.95 Å². The van der Waals surface area contributed by atoms with Gasteiger partial charge in [-0.05, 0) is 6.07 Å². The minimum Gasteiger partial charge on any atom is -0.722 e. The number of nitro benzene ring substituents is 1. The second kappa shape index (κ2) is 5.12. The first-order chi connectivity index (χ1) is 7.91. The molecule has 0 aliphatic carbocycles. The minimum absolute atomic E-state index is 0.0326. The zero-order valence-electron chi connectivity index (χ0n) is 8.41. The monoisotopic (exact) mass is 257 g/mol. The number of nitro groups is 1. The van der Waals surface area contributed by atoms with Gasteiger partial charge >= 0.3 is 5.96 Å². The second-order valence-electron chi connectivity index (χ2n) is 2.91. The summed E-state index contributed by atoms with van der Waals surface area (Å²) in [6.45, 7) is 0. The van der Waals surface area contributed by atoms with Crippen LogP contribution in [0, 0.1) is 15.3 Å². The number of nitrogens with zero attached hydrogens (tertiary/aromatic N) is 3. The predicted molar refractivity (Wildman–Crippen MR) is 62.7 cm³/mol. The van der Waals surface area contributed by atoms with Gasteiger partial charge in [-0.1, -0.05) is 11.6 Å². The van der Waals surface area contributed by atoms with Crippen LogP contribution in [-0.2, 0) is 0 Å². The minimum atomic E-state index is -0.591. The lowest BCUT2D eigenvalue weighted by Crippen LogP contribution is -2.30. The lowest BCUT2D eigenvalue weighted by molar-refractivity contribution is -0.463. The predicted octanol–water partition coefficient (Wildman–Crippen LogP) is 0.366. The summed E-state index contributed by atoms with van der Waals surface area (Å²) in [6.07, 6.45) is 1.03. The Morgan fingerprint density at radius 2 is 2.06 bits per heavy atom. The fourth-order valence-electron chi connectivity index (χ4n) is 0.925. The van der Waals surface area contributed by atoms with Gasteiger partial charge in [0.15, 0.2) is 0 Å². The Morgan fingerprint density at radius 1 is 1.41 bits per heavy atom. The number of hydrogen-bond donors (Lipinski definition) is 2. The maximum atomic E-state index is 10.9. The van der Waals surface area contributed by atoms with Crippen molar-refractivity contribution in [3.05, 3.63) is 44.1 Å². The van der Waals surface area contributed by atoms with E-state index in [0.717, 1.165) is 6.21 Å². The summed E-state index contributed by atoms with van der Waals surface area (Å²) >= 11 is 5.76. The Morgan fingerprint density at radius 3 is 2.59 bits per heavy atom. The molecule has 90 valence electrons. The average Bonchev–Trinajstić information content (AvgIpc) is 2.26. The van der Waals surface area contributed by atoms with Gasteiger partial charge in [0.05, 0.1) is 11.1 Å². The van der Waals surface area contributed by atoms with E-state index in [9.17, 15) is 15.3 Å². The maximum absolute atomic E-state index is 10.9. The highest BCUT2D eigenvalue weighted by molar-refractivity contribution is 6.33. The molecule has 0 amide bonds. The van der Waals surface area contributed by atoms with Gasteiger partial charge < -0.3 is 5.21 Å².